The second kappa shape index (κ2) is 8.41. The minimum Gasteiger partial charge on any atom is -0.497 e. The fourth-order valence-corrected chi connectivity index (χ4v) is 4.75. The standard InChI is InChI=1S/C27H33NO3/c1-17-15-20(30-5)12-14-21(17)25-24(18-9-7-6-8-10-18)22-13-11-19(16-23(22)28-25)26(29)31-27(2,3)4/h11-16,18,28H,6-10H2,1-5H3. The smallest absolute Gasteiger partial charge is 0.338 e. The summed E-state index contributed by atoms with van der Waals surface area (Å²) < 4.78 is 11.0. The lowest BCUT2D eigenvalue weighted by molar-refractivity contribution is 0.00697. The van der Waals surface area contributed by atoms with Gasteiger partial charge in [-0.15, -0.1) is 0 Å². The number of fused-ring (bicyclic) bond motifs is 1. The molecule has 0 bridgehead atoms. The SMILES string of the molecule is COc1ccc(-c2[nH]c3cc(C(=O)OC(C)(C)C)ccc3c2C2CCCCC2)c(C)c1. The Morgan fingerprint density at radius 1 is 1.03 bits per heavy atom. The van der Waals surface area contributed by atoms with Gasteiger partial charge in [-0.1, -0.05) is 25.3 Å². The molecular weight excluding hydrogens is 386 g/mol. The predicted molar refractivity (Wildman–Crippen MR) is 126 cm³/mol. The molecule has 0 amide bonds. The molecule has 1 aliphatic carbocycles. The number of aromatic nitrogens is 1. The molecule has 1 aliphatic rings. The fourth-order valence-electron chi connectivity index (χ4n) is 4.75. The van der Waals surface area contributed by atoms with Gasteiger partial charge in [0.15, 0.2) is 0 Å². The van der Waals surface area contributed by atoms with E-state index in [0.717, 1.165) is 11.3 Å². The molecule has 0 radical (unpaired) electrons. The summed E-state index contributed by atoms with van der Waals surface area (Å²) in [4.78, 5) is 16.3. The van der Waals surface area contributed by atoms with Gasteiger partial charge in [-0.25, -0.2) is 4.79 Å². The van der Waals surface area contributed by atoms with Crippen LogP contribution in [-0.2, 0) is 4.74 Å². The molecule has 31 heavy (non-hydrogen) atoms. The molecule has 0 saturated heterocycles. The number of methoxy groups -OCH3 is 1. The first-order valence-electron chi connectivity index (χ1n) is 11.3. The van der Waals surface area contributed by atoms with Crippen LogP contribution >= 0.6 is 0 Å². The highest BCUT2D eigenvalue weighted by molar-refractivity contribution is 5.98. The van der Waals surface area contributed by atoms with Crippen molar-refractivity contribution in [3.63, 3.8) is 0 Å². The van der Waals surface area contributed by atoms with Crippen molar-refractivity contribution in [2.45, 2.75) is 71.3 Å². The number of carbonyl (C=O) groups excluding carboxylic acids is 1. The molecule has 1 aromatic heterocycles. The van der Waals surface area contributed by atoms with Crippen molar-refractivity contribution in [2.75, 3.05) is 7.11 Å². The second-order valence-electron chi connectivity index (χ2n) is 9.69. The highest BCUT2D eigenvalue weighted by atomic mass is 16.6. The van der Waals surface area contributed by atoms with Crippen LogP contribution in [0, 0.1) is 6.92 Å². The van der Waals surface area contributed by atoms with Crippen molar-refractivity contribution in [1.29, 1.82) is 0 Å². The van der Waals surface area contributed by atoms with E-state index in [1.54, 1.807) is 7.11 Å². The third kappa shape index (κ3) is 4.48. The van der Waals surface area contributed by atoms with Crippen molar-refractivity contribution >= 4 is 16.9 Å². The Labute approximate surface area is 185 Å². The van der Waals surface area contributed by atoms with Crippen LogP contribution in [0.1, 0.15) is 80.3 Å². The van der Waals surface area contributed by atoms with Gasteiger partial charge in [0.1, 0.15) is 11.4 Å². The fraction of sp³-hybridized carbons (Fsp3) is 0.444. The number of carbonyl (C=O) groups is 1. The molecule has 1 fully saturated rings. The number of hydrogen-bond acceptors (Lipinski definition) is 3. The average molecular weight is 420 g/mol. The van der Waals surface area contributed by atoms with Crippen LogP contribution in [0.5, 0.6) is 5.75 Å². The molecule has 0 unspecified atom stereocenters. The summed E-state index contributed by atoms with van der Waals surface area (Å²) in [5, 5.41) is 1.21. The summed E-state index contributed by atoms with van der Waals surface area (Å²) in [6, 6.07) is 12.2. The molecule has 4 heteroatoms. The number of aryl methyl sites for hydroxylation is 1. The monoisotopic (exact) mass is 419 g/mol. The van der Waals surface area contributed by atoms with E-state index in [1.165, 1.54) is 59.9 Å². The molecule has 1 N–H and O–H groups in total. The van der Waals surface area contributed by atoms with Gasteiger partial charge < -0.3 is 14.5 Å². The van der Waals surface area contributed by atoms with Crippen molar-refractivity contribution < 1.29 is 14.3 Å². The molecule has 1 heterocycles. The largest absolute Gasteiger partial charge is 0.497 e. The third-order valence-corrected chi connectivity index (χ3v) is 6.19. The van der Waals surface area contributed by atoms with E-state index >= 15 is 0 Å². The molecule has 1 saturated carbocycles. The zero-order chi connectivity index (χ0) is 22.2. The lowest BCUT2D eigenvalue weighted by Crippen LogP contribution is -2.23. The Morgan fingerprint density at radius 2 is 1.77 bits per heavy atom. The van der Waals surface area contributed by atoms with Crippen LogP contribution in [-0.4, -0.2) is 23.7 Å². The van der Waals surface area contributed by atoms with Crippen molar-refractivity contribution in [2.24, 2.45) is 0 Å². The van der Waals surface area contributed by atoms with Crippen LogP contribution in [0.15, 0.2) is 36.4 Å². The van der Waals surface area contributed by atoms with Gasteiger partial charge in [0.05, 0.1) is 18.4 Å². The predicted octanol–water partition coefficient (Wildman–Crippen LogP) is 7.15. The maximum Gasteiger partial charge on any atom is 0.338 e. The van der Waals surface area contributed by atoms with Gasteiger partial charge >= 0.3 is 5.97 Å². The van der Waals surface area contributed by atoms with Crippen molar-refractivity contribution in [1.82, 2.24) is 4.98 Å². The maximum absolute atomic E-state index is 12.6. The number of benzene rings is 2. The third-order valence-electron chi connectivity index (χ3n) is 6.19. The molecule has 164 valence electrons. The van der Waals surface area contributed by atoms with Crippen LogP contribution in [0.2, 0.25) is 0 Å². The van der Waals surface area contributed by atoms with Gasteiger partial charge in [-0.2, -0.15) is 0 Å². The average Bonchev–Trinajstić information content (AvgIpc) is 3.11. The minimum absolute atomic E-state index is 0.287. The topological polar surface area (TPSA) is 51.3 Å². The summed E-state index contributed by atoms with van der Waals surface area (Å²) in [5.41, 5.74) is 5.99. The number of H-pyrrole nitrogens is 1. The van der Waals surface area contributed by atoms with Gasteiger partial charge in [-0.05, 0) is 87.9 Å². The highest BCUT2D eigenvalue weighted by Gasteiger charge is 2.25. The van der Waals surface area contributed by atoms with E-state index in [1.807, 2.05) is 39.0 Å². The normalized spacial score (nSPS) is 15.3. The van der Waals surface area contributed by atoms with Gasteiger partial charge in [0, 0.05) is 16.5 Å². The summed E-state index contributed by atoms with van der Waals surface area (Å²) in [6.07, 6.45) is 6.28. The molecule has 4 nitrogen and oxygen atoms in total. The van der Waals surface area contributed by atoms with E-state index < -0.39 is 5.60 Å². The Bertz CT molecular complexity index is 1100. The van der Waals surface area contributed by atoms with Crippen LogP contribution in [0.25, 0.3) is 22.2 Å². The van der Waals surface area contributed by atoms with E-state index in [0.29, 0.717) is 11.5 Å². The number of ether oxygens (including phenoxy) is 2. The van der Waals surface area contributed by atoms with Crippen LogP contribution in [0.3, 0.4) is 0 Å². The molecule has 0 atom stereocenters. The molecular formula is C27H33NO3. The maximum atomic E-state index is 12.6. The molecule has 2 aromatic carbocycles. The van der Waals surface area contributed by atoms with Crippen molar-refractivity contribution in [3.8, 4) is 17.0 Å². The number of aromatic amines is 1. The Balaban J connectivity index is 1.84. The number of rotatable bonds is 4. The van der Waals surface area contributed by atoms with Crippen molar-refractivity contribution in [3.05, 3.63) is 53.1 Å². The number of esters is 1. The number of hydrogen-bond donors (Lipinski definition) is 1. The van der Waals surface area contributed by atoms with E-state index in [4.69, 9.17) is 9.47 Å². The van der Waals surface area contributed by atoms with Crippen LogP contribution in [0.4, 0.5) is 0 Å². The van der Waals surface area contributed by atoms with Gasteiger partial charge in [0.25, 0.3) is 0 Å². The first kappa shape index (κ1) is 21.5. The molecule has 4 rings (SSSR count). The second-order valence-corrected chi connectivity index (χ2v) is 9.69. The Hall–Kier alpha value is -2.75. The quantitative estimate of drug-likeness (QED) is 0.457. The van der Waals surface area contributed by atoms with E-state index in [2.05, 4.69) is 30.1 Å². The zero-order valence-electron chi connectivity index (χ0n) is 19.3. The highest BCUT2D eigenvalue weighted by Crippen LogP contribution is 2.43. The van der Waals surface area contributed by atoms with E-state index in [-0.39, 0.29) is 5.97 Å². The van der Waals surface area contributed by atoms with Gasteiger partial charge in [-0.3, -0.25) is 0 Å². The Morgan fingerprint density at radius 3 is 2.42 bits per heavy atom. The summed E-state index contributed by atoms with van der Waals surface area (Å²) in [6.45, 7) is 7.80. The molecule has 3 aromatic rings. The summed E-state index contributed by atoms with van der Waals surface area (Å²) in [7, 11) is 1.70. The van der Waals surface area contributed by atoms with Gasteiger partial charge in [0.2, 0.25) is 0 Å². The lowest BCUT2D eigenvalue weighted by atomic mass is 9.81. The molecule has 0 spiro atoms. The molecule has 0 aliphatic heterocycles. The number of nitrogens with one attached hydrogen (secondary N) is 1. The lowest BCUT2D eigenvalue weighted by Gasteiger charge is -2.23. The Kier molecular flexibility index (Phi) is 5.83. The zero-order valence-corrected chi connectivity index (χ0v) is 19.3. The van der Waals surface area contributed by atoms with E-state index in [9.17, 15) is 4.79 Å². The summed E-state index contributed by atoms with van der Waals surface area (Å²) in [5.74, 6) is 1.11. The summed E-state index contributed by atoms with van der Waals surface area (Å²) >= 11 is 0. The van der Waals surface area contributed by atoms with Crippen LogP contribution < -0.4 is 4.74 Å². The first-order valence-corrected chi connectivity index (χ1v) is 11.3. The first-order chi connectivity index (χ1) is 14.8. The minimum atomic E-state index is -0.513.